The van der Waals surface area contributed by atoms with Gasteiger partial charge in [-0.25, -0.2) is 0 Å². The fourth-order valence-electron chi connectivity index (χ4n) is 2.11. The highest BCUT2D eigenvalue weighted by Gasteiger charge is 2.07. The molecule has 0 spiro atoms. The van der Waals surface area contributed by atoms with Crippen molar-refractivity contribution in [2.24, 2.45) is 0 Å². The number of hydrogen-bond acceptors (Lipinski definition) is 4. The van der Waals surface area contributed by atoms with Crippen LogP contribution in [0.2, 0.25) is 0 Å². The largest absolute Gasteiger partial charge is 0.492 e. The maximum atomic E-state index is 12.0. The molecule has 0 unspecified atom stereocenters. The van der Waals surface area contributed by atoms with Gasteiger partial charge in [0.1, 0.15) is 11.8 Å². The first-order chi connectivity index (χ1) is 11.2. The highest BCUT2D eigenvalue weighted by Crippen LogP contribution is 2.23. The number of nitrogens with one attached hydrogen (secondary N) is 2. The van der Waals surface area contributed by atoms with E-state index in [0.29, 0.717) is 36.6 Å². The standard InChI is InChI=1S/C18H19N3O2/c1-2-23-17-10-6-5-9-16(17)21-18(22)11-12-20-15-8-4-3-7-14(15)13-19/h3-10,20H,2,11-12H2,1H3,(H,21,22). The molecule has 0 atom stereocenters. The molecule has 0 aliphatic heterocycles. The van der Waals surface area contributed by atoms with Gasteiger partial charge in [-0.2, -0.15) is 5.26 Å². The first-order valence-electron chi connectivity index (χ1n) is 7.49. The molecule has 0 radical (unpaired) electrons. The number of nitrogens with zero attached hydrogens (tertiary/aromatic N) is 1. The number of rotatable bonds is 7. The van der Waals surface area contributed by atoms with Crippen LogP contribution in [0.1, 0.15) is 18.9 Å². The molecule has 0 bridgehead atoms. The Morgan fingerprint density at radius 3 is 2.57 bits per heavy atom. The Labute approximate surface area is 135 Å². The fraction of sp³-hybridized carbons (Fsp3) is 0.222. The summed E-state index contributed by atoms with van der Waals surface area (Å²) < 4.78 is 5.48. The van der Waals surface area contributed by atoms with Crippen LogP contribution in [0.15, 0.2) is 48.5 Å². The van der Waals surface area contributed by atoms with E-state index in [1.807, 2.05) is 37.3 Å². The number of benzene rings is 2. The first kappa shape index (κ1) is 16.4. The van der Waals surface area contributed by atoms with Crippen molar-refractivity contribution >= 4 is 17.3 Å². The second kappa shape index (κ2) is 8.44. The van der Waals surface area contributed by atoms with Crippen LogP contribution < -0.4 is 15.4 Å². The Morgan fingerprint density at radius 1 is 1.13 bits per heavy atom. The van der Waals surface area contributed by atoms with Crippen molar-refractivity contribution in [3.05, 3.63) is 54.1 Å². The molecule has 2 N–H and O–H groups in total. The Bertz CT molecular complexity index is 707. The lowest BCUT2D eigenvalue weighted by Crippen LogP contribution is -2.17. The second-order valence-corrected chi connectivity index (χ2v) is 4.81. The zero-order valence-corrected chi connectivity index (χ0v) is 13.0. The van der Waals surface area contributed by atoms with Crippen LogP contribution in [0.4, 0.5) is 11.4 Å². The summed E-state index contributed by atoms with van der Waals surface area (Å²) in [7, 11) is 0. The van der Waals surface area contributed by atoms with Crippen LogP contribution in [0, 0.1) is 11.3 Å². The summed E-state index contributed by atoms with van der Waals surface area (Å²) in [6.45, 7) is 2.88. The summed E-state index contributed by atoms with van der Waals surface area (Å²) >= 11 is 0. The molecule has 0 aliphatic carbocycles. The molecule has 0 heterocycles. The van der Waals surface area contributed by atoms with Crippen molar-refractivity contribution in [2.75, 3.05) is 23.8 Å². The summed E-state index contributed by atoms with van der Waals surface area (Å²) in [4.78, 5) is 12.0. The molecule has 0 aliphatic rings. The summed E-state index contributed by atoms with van der Waals surface area (Å²) in [6, 6.07) is 16.7. The number of amides is 1. The van der Waals surface area contributed by atoms with E-state index >= 15 is 0 Å². The molecule has 5 heteroatoms. The molecular formula is C18H19N3O2. The van der Waals surface area contributed by atoms with Gasteiger partial charge in [0.15, 0.2) is 0 Å². The average Bonchev–Trinajstić information content (AvgIpc) is 2.57. The van der Waals surface area contributed by atoms with E-state index < -0.39 is 0 Å². The molecule has 2 rings (SSSR count). The van der Waals surface area contributed by atoms with E-state index in [0.717, 1.165) is 5.69 Å². The highest BCUT2D eigenvalue weighted by molar-refractivity contribution is 5.92. The van der Waals surface area contributed by atoms with Crippen LogP contribution in [0.3, 0.4) is 0 Å². The lowest BCUT2D eigenvalue weighted by atomic mass is 10.2. The van der Waals surface area contributed by atoms with Gasteiger partial charge >= 0.3 is 0 Å². The van der Waals surface area contributed by atoms with Crippen LogP contribution in [-0.2, 0) is 4.79 Å². The number of para-hydroxylation sites is 3. The van der Waals surface area contributed by atoms with Crippen LogP contribution in [0.5, 0.6) is 5.75 Å². The van der Waals surface area contributed by atoms with Gasteiger partial charge in [-0.05, 0) is 31.2 Å². The number of carbonyl (C=O) groups is 1. The van der Waals surface area contributed by atoms with Crippen molar-refractivity contribution in [1.82, 2.24) is 0 Å². The van der Waals surface area contributed by atoms with Crippen LogP contribution >= 0.6 is 0 Å². The summed E-state index contributed by atoms with van der Waals surface area (Å²) in [5.74, 6) is 0.547. The number of ether oxygens (including phenoxy) is 1. The summed E-state index contributed by atoms with van der Waals surface area (Å²) in [5.41, 5.74) is 1.96. The maximum absolute atomic E-state index is 12.0. The van der Waals surface area contributed by atoms with Crippen molar-refractivity contribution in [2.45, 2.75) is 13.3 Å². The normalized spacial score (nSPS) is 9.74. The molecule has 2 aromatic rings. The molecule has 0 fully saturated rings. The minimum Gasteiger partial charge on any atom is -0.492 e. The third-order valence-corrected chi connectivity index (χ3v) is 3.18. The van der Waals surface area contributed by atoms with Crippen LogP contribution in [0.25, 0.3) is 0 Å². The maximum Gasteiger partial charge on any atom is 0.226 e. The first-order valence-corrected chi connectivity index (χ1v) is 7.49. The molecule has 23 heavy (non-hydrogen) atoms. The molecular weight excluding hydrogens is 290 g/mol. The third kappa shape index (κ3) is 4.75. The van der Waals surface area contributed by atoms with Crippen molar-refractivity contribution < 1.29 is 9.53 Å². The zero-order chi connectivity index (χ0) is 16.5. The Hall–Kier alpha value is -3.00. The molecule has 0 saturated carbocycles. The van der Waals surface area contributed by atoms with Gasteiger partial charge in [-0.15, -0.1) is 0 Å². The minimum atomic E-state index is -0.112. The molecule has 0 aromatic heterocycles. The summed E-state index contributed by atoms with van der Waals surface area (Å²) in [6.07, 6.45) is 0.292. The topological polar surface area (TPSA) is 74.2 Å². The summed E-state index contributed by atoms with van der Waals surface area (Å²) in [5, 5.41) is 15.0. The number of anilines is 2. The average molecular weight is 309 g/mol. The molecule has 0 saturated heterocycles. The lowest BCUT2D eigenvalue weighted by Gasteiger charge is -2.12. The SMILES string of the molecule is CCOc1ccccc1NC(=O)CCNc1ccccc1C#N. The van der Waals surface area contributed by atoms with Crippen LogP contribution in [-0.4, -0.2) is 19.1 Å². The van der Waals surface area contributed by atoms with E-state index in [2.05, 4.69) is 16.7 Å². The molecule has 2 aromatic carbocycles. The van der Waals surface area contributed by atoms with E-state index in [4.69, 9.17) is 10.00 Å². The van der Waals surface area contributed by atoms with Gasteiger partial charge < -0.3 is 15.4 Å². The number of hydrogen-bond donors (Lipinski definition) is 2. The van der Waals surface area contributed by atoms with E-state index in [1.54, 1.807) is 18.2 Å². The molecule has 118 valence electrons. The number of carbonyl (C=O) groups excluding carboxylic acids is 1. The van der Waals surface area contributed by atoms with E-state index in [9.17, 15) is 4.79 Å². The second-order valence-electron chi connectivity index (χ2n) is 4.81. The minimum absolute atomic E-state index is 0.112. The van der Waals surface area contributed by atoms with Gasteiger partial charge in [-0.3, -0.25) is 4.79 Å². The van der Waals surface area contributed by atoms with Gasteiger partial charge in [-0.1, -0.05) is 24.3 Å². The quantitative estimate of drug-likeness (QED) is 0.822. The molecule has 5 nitrogen and oxygen atoms in total. The van der Waals surface area contributed by atoms with E-state index in [1.165, 1.54) is 0 Å². The van der Waals surface area contributed by atoms with Crippen molar-refractivity contribution in [3.63, 3.8) is 0 Å². The lowest BCUT2D eigenvalue weighted by molar-refractivity contribution is -0.116. The highest BCUT2D eigenvalue weighted by atomic mass is 16.5. The zero-order valence-electron chi connectivity index (χ0n) is 13.0. The predicted octanol–water partition coefficient (Wildman–Crippen LogP) is 3.40. The van der Waals surface area contributed by atoms with Gasteiger partial charge in [0.05, 0.1) is 23.5 Å². The predicted molar refractivity (Wildman–Crippen MR) is 90.5 cm³/mol. The monoisotopic (exact) mass is 309 g/mol. The third-order valence-electron chi connectivity index (χ3n) is 3.18. The van der Waals surface area contributed by atoms with E-state index in [-0.39, 0.29) is 5.91 Å². The van der Waals surface area contributed by atoms with Crippen molar-refractivity contribution in [3.8, 4) is 11.8 Å². The van der Waals surface area contributed by atoms with Gasteiger partial charge in [0.25, 0.3) is 0 Å². The van der Waals surface area contributed by atoms with Gasteiger partial charge in [0.2, 0.25) is 5.91 Å². The number of nitriles is 1. The smallest absolute Gasteiger partial charge is 0.226 e. The fourth-order valence-corrected chi connectivity index (χ4v) is 2.11. The Kier molecular flexibility index (Phi) is 6.01. The Balaban J connectivity index is 1.87. The van der Waals surface area contributed by atoms with Crippen molar-refractivity contribution in [1.29, 1.82) is 5.26 Å². The molecule has 1 amide bonds. The van der Waals surface area contributed by atoms with Gasteiger partial charge in [0, 0.05) is 13.0 Å². The Morgan fingerprint density at radius 2 is 1.83 bits per heavy atom.